The Balaban J connectivity index is 0.00000200. The molecule has 0 aliphatic carbocycles. The molecule has 1 atom stereocenters. The smallest absolute Gasteiger partial charge is 0.191 e. The second kappa shape index (κ2) is 8.96. The number of nitrogens with one attached hydrogen (secondary N) is 2. The second-order valence-corrected chi connectivity index (χ2v) is 5.08. The predicted molar refractivity (Wildman–Crippen MR) is 92.9 cm³/mol. The van der Waals surface area contributed by atoms with Gasteiger partial charge in [0.15, 0.2) is 5.96 Å². The normalized spacial score (nSPS) is 12.6. The molecule has 0 fully saturated rings. The molecule has 0 aromatic carbocycles. The SMILES string of the molecule is CN=C(NCc1ccco1)NCC(C)c1nccs1.I. The predicted octanol–water partition coefficient (Wildman–Crippen LogP) is 2.82. The molecule has 0 saturated heterocycles. The first-order valence-corrected chi connectivity index (χ1v) is 7.04. The van der Waals surface area contributed by atoms with E-state index in [1.807, 2.05) is 23.7 Å². The molecule has 0 aliphatic heterocycles. The van der Waals surface area contributed by atoms with Crippen LogP contribution in [0.25, 0.3) is 0 Å². The Bertz CT molecular complexity index is 498. The van der Waals surface area contributed by atoms with E-state index in [-0.39, 0.29) is 24.0 Å². The van der Waals surface area contributed by atoms with Gasteiger partial charge in [0, 0.05) is 31.1 Å². The summed E-state index contributed by atoms with van der Waals surface area (Å²) >= 11 is 1.68. The lowest BCUT2D eigenvalue weighted by Crippen LogP contribution is -2.38. The van der Waals surface area contributed by atoms with Crippen LogP contribution in [0.15, 0.2) is 39.4 Å². The van der Waals surface area contributed by atoms with Gasteiger partial charge in [-0.15, -0.1) is 35.3 Å². The van der Waals surface area contributed by atoms with E-state index < -0.39 is 0 Å². The average molecular weight is 406 g/mol. The second-order valence-electron chi connectivity index (χ2n) is 4.16. The molecular weight excluding hydrogens is 387 g/mol. The van der Waals surface area contributed by atoms with Gasteiger partial charge in [-0.1, -0.05) is 6.92 Å². The quantitative estimate of drug-likeness (QED) is 0.456. The van der Waals surface area contributed by atoms with Crippen LogP contribution >= 0.6 is 35.3 Å². The highest BCUT2D eigenvalue weighted by Crippen LogP contribution is 2.16. The highest BCUT2D eigenvalue weighted by Gasteiger charge is 2.08. The number of hydrogen-bond donors (Lipinski definition) is 2. The minimum atomic E-state index is 0. The molecule has 2 rings (SSSR count). The van der Waals surface area contributed by atoms with E-state index in [1.165, 1.54) is 0 Å². The van der Waals surface area contributed by atoms with Crippen LogP contribution in [-0.2, 0) is 6.54 Å². The van der Waals surface area contributed by atoms with Crippen LogP contribution in [0.3, 0.4) is 0 Å². The minimum Gasteiger partial charge on any atom is -0.467 e. The number of furan rings is 1. The van der Waals surface area contributed by atoms with Crippen molar-refractivity contribution in [1.29, 1.82) is 0 Å². The zero-order chi connectivity index (χ0) is 13.5. The molecule has 0 bridgehead atoms. The molecule has 0 amide bonds. The summed E-state index contributed by atoms with van der Waals surface area (Å²) in [6.45, 7) is 3.56. The van der Waals surface area contributed by atoms with Crippen molar-refractivity contribution in [2.45, 2.75) is 19.4 Å². The van der Waals surface area contributed by atoms with Crippen LogP contribution in [0.5, 0.6) is 0 Å². The Morgan fingerprint density at radius 1 is 1.50 bits per heavy atom. The zero-order valence-corrected chi connectivity index (χ0v) is 14.6. The molecule has 0 saturated carbocycles. The van der Waals surface area contributed by atoms with Crippen molar-refractivity contribution in [3.05, 3.63) is 40.7 Å². The molecule has 2 aromatic rings. The van der Waals surface area contributed by atoms with Gasteiger partial charge in [0.1, 0.15) is 5.76 Å². The van der Waals surface area contributed by atoms with Crippen molar-refractivity contribution in [3.63, 3.8) is 0 Å². The maximum Gasteiger partial charge on any atom is 0.191 e. The molecule has 2 N–H and O–H groups in total. The summed E-state index contributed by atoms with van der Waals surface area (Å²) in [5, 5.41) is 9.61. The molecular formula is C13H19IN4OS. The van der Waals surface area contributed by atoms with Crippen LogP contribution in [-0.4, -0.2) is 24.5 Å². The summed E-state index contributed by atoms with van der Waals surface area (Å²) in [5.41, 5.74) is 0. The molecule has 0 aliphatic rings. The Labute approximate surface area is 139 Å². The number of rotatable bonds is 5. The van der Waals surface area contributed by atoms with Crippen LogP contribution in [0.4, 0.5) is 0 Å². The molecule has 1 unspecified atom stereocenters. The van der Waals surface area contributed by atoms with Gasteiger partial charge in [0.25, 0.3) is 0 Å². The van der Waals surface area contributed by atoms with Crippen LogP contribution < -0.4 is 10.6 Å². The van der Waals surface area contributed by atoms with E-state index in [9.17, 15) is 0 Å². The van der Waals surface area contributed by atoms with E-state index in [0.717, 1.165) is 23.3 Å². The number of guanidine groups is 1. The van der Waals surface area contributed by atoms with E-state index in [4.69, 9.17) is 4.42 Å². The molecule has 2 heterocycles. The van der Waals surface area contributed by atoms with Crippen molar-refractivity contribution in [2.24, 2.45) is 4.99 Å². The topological polar surface area (TPSA) is 62.5 Å². The van der Waals surface area contributed by atoms with E-state index in [1.54, 1.807) is 24.6 Å². The molecule has 0 spiro atoms. The van der Waals surface area contributed by atoms with E-state index >= 15 is 0 Å². The monoisotopic (exact) mass is 406 g/mol. The van der Waals surface area contributed by atoms with Crippen molar-refractivity contribution < 1.29 is 4.42 Å². The minimum absolute atomic E-state index is 0. The highest BCUT2D eigenvalue weighted by atomic mass is 127. The van der Waals surface area contributed by atoms with Gasteiger partial charge in [-0.25, -0.2) is 4.98 Å². The molecule has 5 nitrogen and oxygen atoms in total. The fourth-order valence-corrected chi connectivity index (χ4v) is 2.32. The standard InChI is InChI=1S/C13H18N4OS.HI/c1-10(12-15-5-7-19-12)8-16-13(14-2)17-9-11-4-3-6-18-11;/h3-7,10H,8-9H2,1-2H3,(H2,14,16,17);1H. The fourth-order valence-electron chi connectivity index (χ4n) is 1.62. The lowest BCUT2D eigenvalue weighted by molar-refractivity contribution is 0.501. The Morgan fingerprint density at radius 2 is 2.35 bits per heavy atom. The van der Waals surface area contributed by atoms with Crippen molar-refractivity contribution in [1.82, 2.24) is 15.6 Å². The number of thiazole rings is 1. The lowest BCUT2D eigenvalue weighted by Gasteiger charge is -2.14. The lowest BCUT2D eigenvalue weighted by atomic mass is 10.2. The van der Waals surface area contributed by atoms with Crippen LogP contribution in [0, 0.1) is 0 Å². The largest absolute Gasteiger partial charge is 0.467 e. The number of hydrogen-bond acceptors (Lipinski definition) is 4. The first kappa shape index (κ1) is 17.0. The summed E-state index contributed by atoms with van der Waals surface area (Å²) in [6, 6.07) is 3.80. The summed E-state index contributed by atoms with van der Waals surface area (Å²) in [7, 11) is 1.76. The Hall–Kier alpha value is -1.09. The number of aromatic nitrogens is 1. The van der Waals surface area contributed by atoms with Gasteiger partial charge < -0.3 is 15.1 Å². The summed E-state index contributed by atoms with van der Waals surface area (Å²) in [4.78, 5) is 8.49. The van der Waals surface area contributed by atoms with Crippen molar-refractivity contribution in [3.8, 4) is 0 Å². The van der Waals surface area contributed by atoms with Gasteiger partial charge in [-0.2, -0.15) is 0 Å². The van der Waals surface area contributed by atoms with Crippen LogP contribution in [0.2, 0.25) is 0 Å². The third-order valence-corrected chi connectivity index (χ3v) is 3.69. The molecule has 110 valence electrons. The van der Waals surface area contributed by atoms with Gasteiger partial charge in [-0.05, 0) is 12.1 Å². The summed E-state index contributed by atoms with van der Waals surface area (Å²) < 4.78 is 5.26. The van der Waals surface area contributed by atoms with Gasteiger partial charge >= 0.3 is 0 Å². The van der Waals surface area contributed by atoms with Gasteiger partial charge in [0.2, 0.25) is 0 Å². The van der Waals surface area contributed by atoms with E-state index in [2.05, 4.69) is 27.5 Å². The van der Waals surface area contributed by atoms with Gasteiger partial charge in [0.05, 0.1) is 17.8 Å². The van der Waals surface area contributed by atoms with E-state index in [0.29, 0.717) is 12.5 Å². The Kier molecular flexibility index (Phi) is 7.60. The molecule has 0 radical (unpaired) electrons. The fraction of sp³-hybridized carbons (Fsp3) is 0.385. The average Bonchev–Trinajstić information content (AvgIpc) is 3.11. The summed E-state index contributed by atoms with van der Waals surface area (Å²) in [5.74, 6) is 2.01. The van der Waals surface area contributed by atoms with Crippen LogP contribution in [0.1, 0.15) is 23.6 Å². The Morgan fingerprint density at radius 3 is 2.95 bits per heavy atom. The molecule has 7 heteroatoms. The molecule has 2 aromatic heterocycles. The van der Waals surface area contributed by atoms with Crippen molar-refractivity contribution in [2.75, 3.05) is 13.6 Å². The maximum absolute atomic E-state index is 5.26. The first-order chi connectivity index (χ1) is 9.29. The summed E-state index contributed by atoms with van der Waals surface area (Å²) in [6.07, 6.45) is 3.50. The maximum atomic E-state index is 5.26. The number of nitrogens with zero attached hydrogens (tertiary/aromatic N) is 2. The zero-order valence-electron chi connectivity index (χ0n) is 11.5. The molecule has 20 heavy (non-hydrogen) atoms. The third-order valence-electron chi connectivity index (χ3n) is 2.68. The third kappa shape index (κ3) is 5.12. The first-order valence-electron chi connectivity index (χ1n) is 6.16. The number of halogens is 1. The van der Waals surface area contributed by atoms with Crippen molar-refractivity contribution >= 4 is 41.3 Å². The van der Waals surface area contributed by atoms with Gasteiger partial charge in [-0.3, -0.25) is 4.99 Å². The highest BCUT2D eigenvalue weighted by molar-refractivity contribution is 14.0. The number of aliphatic imine (C=N–C) groups is 1.